The molecule has 1 fully saturated rings. The second kappa shape index (κ2) is 6.96. The van der Waals surface area contributed by atoms with Gasteiger partial charge in [0, 0.05) is 12.1 Å². The van der Waals surface area contributed by atoms with Gasteiger partial charge in [-0.3, -0.25) is 0 Å². The lowest BCUT2D eigenvalue weighted by atomic mass is 9.71. The average Bonchev–Trinajstić information content (AvgIpc) is 2.47. The van der Waals surface area contributed by atoms with Crippen molar-refractivity contribution in [3.05, 3.63) is 35.4 Å². The second-order valence-corrected chi connectivity index (χ2v) is 7.90. The Labute approximate surface area is 131 Å². The predicted molar refractivity (Wildman–Crippen MR) is 92.6 cm³/mol. The van der Waals surface area contributed by atoms with Crippen molar-refractivity contribution in [3.63, 3.8) is 0 Å². The molecule has 0 aliphatic heterocycles. The van der Waals surface area contributed by atoms with Crippen molar-refractivity contribution in [1.29, 1.82) is 0 Å². The Morgan fingerprint density at radius 2 is 1.62 bits per heavy atom. The van der Waals surface area contributed by atoms with Gasteiger partial charge in [-0.1, -0.05) is 52.0 Å². The van der Waals surface area contributed by atoms with Gasteiger partial charge in [-0.25, -0.2) is 0 Å². The highest BCUT2D eigenvalue weighted by Crippen LogP contribution is 2.38. The molecule has 1 unspecified atom stereocenters. The summed E-state index contributed by atoms with van der Waals surface area (Å²) in [5, 5.41) is 3.84. The monoisotopic (exact) mass is 287 g/mol. The summed E-state index contributed by atoms with van der Waals surface area (Å²) in [7, 11) is 0. The van der Waals surface area contributed by atoms with Crippen molar-refractivity contribution >= 4 is 0 Å². The maximum Gasteiger partial charge on any atom is 0.0294 e. The fraction of sp³-hybridized carbons (Fsp3) is 0.700. The lowest BCUT2D eigenvalue weighted by Crippen LogP contribution is -2.37. The van der Waals surface area contributed by atoms with Gasteiger partial charge < -0.3 is 5.32 Å². The van der Waals surface area contributed by atoms with E-state index in [-0.39, 0.29) is 0 Å². The normalized spacial score (nSPS) is 24.8. The van der Waals surface area contributed by atoms with Crippen LogP contribution in [0.3, 0.4) is 0 Å². The highest BCUT2D eigenvalue weighted by atomic mass is 14.9. The molecule has 0 saturated heterocycles. The smallest absolute Gasteiger partial charge is 0.0294 e. The highest BCUT2D eigenvalue weighted by Gasteiger charge is 2.29. The van der Waals surface area contributed by atoms with Gasteiger partial charge in [0.25, 0.3) is 0 Å². The summed E-state index contributed by atoms with van der Waals surface area (Å²) in [5.74, 6) is 0.898. The Bertz CT molecular complexity index is 418. The first-order valence-electron chi connectivity index (χ1n) is 8.75. The fourth-order valence-corrected chi connectivity index (χ4v) is 3.62. The standard InChI is InChI=1S/C20H33N/c1-6-16-7-9-17(10-8-16)15(2)21-19-13-11-18(12-14-19)20(3,4)5/h7-10,15,18-19,21H,6,11-14H2,1-5H3. The van der Waals surface area contributed by atoms with E-state index < -0.39 is 0 Å². The van der Waals surface area contributed by atoms with Gasteiger partial charge in [-0.05, 0) is 61.5 Å². The lowest BCUT2D eigenvalue weighted by molar-refractivity contribution is 0.157. The van der Waals surface area contributed by atoms with Gasteiger partial charge in [0.15, 0.2) is 0 Å². The minimum Gasteiger partial charge on any atom is -0.307 e. The summed E-state index contributed by atoms with van der Waals surface area (Å²) in [6, 6.07) is 10.3. The molecule has 1 heteroatoms. The first kappa shape index (κ1) is 16.5. The summed E-state index contributed by atoms with van der Waals surface area (Å²) in [6.07, 6.45) is 6.54. The van der Waals surface area contributed by atoms with Gasteiger partial charge in [-0.15, -0.1) is 0 Å². The summed E-state index contributed by atoms with van der Waals surface area (Å²) < 4.78 is 0. The zero-order chi connectivity index (χ0) is 15.5. The molecule has 1 saturated carbocycles. The van der Waals surface area contributed by atoms with Crippen LogP contribution < -0.4 is 5.32 Å². The quantitative estimate of drug-likeness (QED) is 0.770. The molecule has 0 aromatic heterocycles. The van der Waals surface area contributed by atoms with Crippen molar-refractivity contribution in [2.45, 2.75) is 78.8 Å². The number of nitrogens with one attached hydrogen (secondary N) is 1. The van der Waals surface area contributed by atoms with Crippen LogP contribution in [0, 0.1) is 11.3 Å². The maximum atomic E-state index is 3.84. The molecule has 0 heterocycles. The van der Waals surface area contributed by atoms with E-state index in [1.807, 2.05) is 0 Å². The van der Waals surface area contributed by atoms with Gasteiger partial charge >= 0.3 is 0 Å². The first-order valence-corrected chi connectivity index (χ1v) is 8.75. The molecule has 2 rings (SSSR count). The van der Waals surface area contributed by atoms with Crippen molar-refractivity contribution in [2.75, 3.05) is 0 Å². The Hall–Kier alpha value is -0.820. The molecule has 1 aromatic rings. The zero-order valence-corrected chi connectivity index (χ0v) is 14.6. The Balaban J connectivity index is 1.85. The molecule has 0 bridgehead atoms. The van der Waals surface area contributed by atoms with E-state index in [0.717, 1.165) is 12.3 Å². The molecule has 1 aliphatic carbocycles. The topological polar surface area (TPSA) is 12.0 Å². The van der Waals surface area contributed by atoms with E-state index in [9.17, 15) is 0 Å². The molecule has 1 aliphatic rings. The average molecular weight is 287 g/mol. The van der Waals surface area contributed by atoms with Crippen LogP contribution in [0.4, 0.5) is 0 Å². The van der Waals surface area contributed by atoms with E-state index in [0.29, 0.717) is 17.5 Å². The Morgan fingerprint density at radius 1 is 1.05 bits per heavy atom. The molecular formula is C20H33N. The summed E-state index contributed by atoms with van der Waals surface area (Å²) >= 11 is 0. The minimum atomic E-state index is 0.465. The second-order valence-electron chi connectivity index (χ2n) is 7.90. The third-order valence-electron chi connectivity index (χ3n) is 5.33. The number of rotatable bonds is 4. The summed E-state index contributed by atoms with van der Waals surface area (Å²) in [5.41, 5.74) is 3.33. The zero-order valence-electron chi connectivity index (χ0n) is 14.6. The largest absolute Gasteiger partial charge is 0.307 e. The molecule has 0 spiro atoms. The van der Waals surface area contributed by atoms with Crippen LogP contribution in [-0.4, -0.2) is 6.04 Å². The van der Waals surface area contributed by atoms with Crippen LogP contribution in [-0.2, 0) is 6.42 Å². The number of benzene rings is 1. The SMILES string of the molecule is CCc1ccc(C(C)NC2CCC(C(C)(C)C)CC2)cc1. The van der Waals surface area contributed by atoms with E-state index in [1.165, 1.54) is 36.8 Å². The van der Waals surface area contributed by atoms with Gasteiger partial charge in [0.05, 0.1) is 0 Å². The summed E-state index contributed by atoms with van der Waals surface area (Å²) in [6.45, 7) is 11.7. The molecule has 0 amide bonds. The lowest BCUT2D eigenvalue weighted by Gasteiger charge is -2.38. The number of hydrogen-bond donors (Lipinski definition) is 1. The van der Waals surface area contributed by atoms with E-state index >= 15 is 0 Å². The number of aryl methyl sites for hydroxylation is 1. The Morgan fingerprint density at radius 3 is 2.10 bits per heavy atom. The molecular weight excluding hydrogens is 254 g/mol. The summed E-state index contributed by atoms with van der Waals surface area (Å²) in [4.78, 5) is 0. The molecule has 0 radical (unpaired) electrons. The van der Waals surface area contributed by atoms with Gasteiger partial charge in [0.2, 0.25) is 0 Å². The fourth-order valence-electron chi connectivity index (χ4n) is 3.62. The van der Waals surface area contributed by atoms with E-state index in [4.69, 9.17) is 0 Å². The van der Waals surface area contributed by atoms with Crippen molar-refractivity contribution in [3.8, 4) is 0 Å². The Kier molecular flexibility index (Phi) is 5.48. The number of hydrogen-bond acceptors (Lipinski definition) is 1. The van der Waals surface area contributed by atoms with Crippen LogP contribution >= 0.6 is 0 Å². The predicted octanol–water partition coefficient (Wildman–Crippen LogP) is 5.50. The van der Waals surface area contributed by atoms with E-state index in [1.54, 1.807) is 0 Å². The minimum absolute atomic E-state index is 0.465. The highest BCUT2D eigenvalue weighted by molar-refractivity contribution is 5.24. The van der Waals surface area contributed by atoms with Gasteiger partial charge in [-0.2, -0.15) is 0 Å². The third kappa shape index (κ3) is 4.57. The van der Waals surface area contributed by atoms with Crippen LogP contribution in [0.5, 0.6) is 0 Å². The van der Waals surface area contributed by atoms with E-state index in [2.05, 4.69) is 64.2 Å². The molecule has 21 heavy (non-hydrogen) atoms. The third-order valence-corrected chi connectivity index (χ3v) is 5.33. The van der Waals surface area contributed by atoms with Crippen LogP contribution in [0.2, 0.25) is 0 Å². The first-order chi connectivity index (χ1) is 9.90. The molecule has 1 N–H and O–H groups in total. The molecule has 1 nitrogen and oxygen atoms in total. The van der Waals surface area contributed by atoms with Crippen molar-refractivity contribution in [1.82, 2.24) is 5.32 Å². The maximum absolute atomic E-state index is 3.84. The van der Waals surface area contributed by atoms with Crippen LogP contribution in [0.15, 0.2) is 24.3 Å². The van der Waals surface area contributed by atoms with Crippen LogP contribution in [0.1, 0.15) is 77.5 Å². The molecule has 1 aromatic carbocycles. The molecule has 118 valence electrons. The van der Waals surface area contributed by atoms with Crippen LogP contribution in [0.25, 0.3) is 0 Å². The van der Waals surface area contributed by atoms with Gasteiger partial charge in [0.1, 0.15) is 0 Å². The van der Waals surface area contributed by atoms with Crippen molar-refractivity contribution in [2.24, 2.45) is 11.3 Å². The van der Waals surface area contributed by atoms with Crippen molar-refractivity contribution < 1.29 is 0 Å². The molecule has 1 atom stereocenters.